The zero-order valence-electron chi connectivity index (χ0n) is 7.29. The third-order valence-corrected chi connectivity index (χ3v) is 0.940. The first-order valence-electron chi connectivity index (χ1n) is 3.41. The van der Waals surface area contributed by atoms with E-state index < -0.39 is 0 Å². The second kappa shape index (κ2) is 9.47. The Morgan fingerprint density at radius 1 is 1.00 bits per heavy atom. The van der Waals surface area contributed by atoms with E-state index in [1.54, 1.807) is 0 Å². The van der Waals surface area contributed by atoms with Crippen LogP contribution in [0, 0.1) is 6.92 Å². The van der Waals surface area contributed by atoms with E-state index in [9.17, 15) is 0 Å². The van der Waals surface area contributed by atoms with E-state index in [1.807, 2.05) is 32.3 Å². The molecule has 0 bridgehead atoms. The zero-order valence-corrected chi connectivity index (χ0v) is 8.11. The Hall–Kier alpha value is -0.530. The average molecular weight is 174 g/mol. The number of hydrogen-bond acceptors (Lipinski definition) is 1. The van der Waals surface area contributed by atoms with Gasteiger partial charge in [-0.3, -0.25) is 0 Å². The summed E-state index contributed by atoms with van der Waals surface area (Å²) in [6.07, 6.45) is 0. The highest BCUT2D eigenvalue weighted by atomic mass is 35.5. The minimum atomic E-state index is 0. The molecular formula is C9H16ClN. The molecular weight excluding hydrogens is 158 g/mol. The van der Waals surface area contributed by atoms with Crippen LogP contribution in [0.1, 0.15) is 5.56 Å². The summed E-state index contributed by atoms with van der Waals surface area (Å²) >= 11 is 0. The van der Waals surface area contributed by atoms with Gasteiger partial charge in [0.05, 0.1) is 0 Å². The Morgan fingerprint density at radius 2 is 1.36 bits per heavy atom. The van der Waals surface area contributed by atoms with Crippen molar-refractivity contribution in [3.05, 3.63) is 35.9 Å². The molecule has 0 radical (unpaired) electrons. The molecule has 0 saturated heterocycles. The molecule has 0 aliphatic heterocycles. The van der Waals surface area contributed by atoms with E-state index in [0.717, 1.165) is 0 Å². The van der Waals surface area contributed by atoms with Crippen molar-refractivity contribution in [1.29, 1.82) is 0 Å². The van der Waals surface area contributed by atoms with E-state index in [2.05, 4.69) is 24.4 Å². The van der Waals surface area contributed by atoms with Crippen molar-refractivity contribution in [2.24, 2.45) is 0 Å². The highest BCUT2D eigenvalue weighted by Crippen LogP contribution is 1.92. The SMILES string of the molecule is CNC.Cc1ccccc1.Cl. The first-order chi connectivity index (χ1) is 4.81. The van der Waals surface area contributed by atoms with Gasteiger partial charge in [0.25, 0.3) is 0 Å². The monoisotopic (exact) mass is 173 g/mol. The van der Waals surface area contributed by atoms with Crippen LogP contribution in [0.3, 0.4) is 0 Å². The van der Waals surface area contributed by atoms with Gasteiger partial charge in [0.15, 0.2) is 0 Å². The molecule has 0 saturated carbocycles. The van der Waals surface area contributed by atoms with E-state index in [4.69, 9.17) is 0 Å². The molecule has 0 aromatic heterocycles. The highest BCUT2D eigenvalue weighted by Gasteiger charge is 1.72. The molecule has 0 unspecified atom stereocenters. The molecule has 1 aromatic rings. The maximum Gasteiger partial charge on any atom is -0.0167 e. The molecule has 11 heavy (non-hydrogen) atoms. The van der Waals surface area contributed by atoms with Crippen LogP contribution < -0.4 is 5.32 Å². The largest absolute Gasteiger partial charge is 0.323 e. The molecule has 0 aliphatic rings. The van der Waals surface area contributed by atoms with Crippen molar-refractivity contribution in [2.75, 3.05) is 14.1 Å². The summed E-state index contributed by atoms with van der Waals surface area (Å²) in [5.74, 6) is 0. The summed E-state index contributed by atoms with van der Waals surface area (Å²) in [5, 5.41) is 2.75. The number of halogens is 1. The van der Waals surface area contributed by atoms with Gasteiger partial charge in [0.2, 0.25) is 0 Å². The van der Waals surface area contributed by atoms with Crippen LogP contribution in [0.4, 0.5) is 0 Å². The third kappa shape index (κ3) is 9.47. The van der Waals surface area contributed by atoms with Gasteiger partial charge in [-0.1, -0.05) is 35.9 Å². The van der Waals surface area contributed by atoms with Gasteiger partial charge < -0.3 is 5.32 Å². The van der Waals surface area contributed by atoms with E-state index >= 15 is 0 Å². The van der Waals surface area contributed by atoms with Gasteiger partial charge in [0, 0.05) is 0 Å². The first-order valence-corrected chi connectivity index (χ1v) is 3.41. The van der Waals surface area contributed by atoms with Crippen molar-refractivity contribution >= 4 is 12.4 Å². The van der Waals surface area contributed by atoms with Gasteiger partial charge in [-0.25, -0.2) is 0 Å². The van der Waals surface area contributed by atoms with Gasteiger partial charge in [-0.15, -0.1) is 12.4 Å². The number of rotatable bonds is 0. The van der Waals surface area contributed by atoms with Crippen LogP contribution >= 0.6 is 12.4 Å². The fourth-order valence-electron chi connectivity index (χ4n) is 0.534. The minimum Gasteiger partial charge on any atom is -0.323 e. The highest BCUT2D eigenvalue weighted by molar-refractivity contribution is 5.85. The molecule has 0 spiro atoms. The molecule has 0 aliphatic carbocycles. The van der Waals surface area contributed by atoms with E-state index in [-0.39, 0.29) is 12.4 Å². The van der Waals surface area contributed by atoms with Crippen molar-refractivity contribution in [2.45, 2.75) is 6.92 Å². The predicted octanol–water partition coefficient (Wildman–Crippen LogP) is 2.25. The smallest absolute Gasteiger partial charge is 0.0167 e. The summed E-state index contributed by atoms with van der Waals surface area (Å²) in [6, 6.07) is 10.3. The van der Waals surface area contributed by atoms with Crippen LogP contribution in [0.2, 0.25) is 0 Å². The van der Waals surface area contributed by atoms with Crippen LogP contribution in [-0.2, 0) is 0 Å². The first kappa shape index (κ1) is 13.1. The van der Waals surface area contributed by atoms with Crippen molar-refractivity contribution in [1.82, 2.24) is 5.32 Å². The lowest BCUT2D eigenvalue weighted by atomic mass is 10.2. The average Bonchev–Trinajstić information content (AvgIpc) is 1.91. The Morgan fingerprint density at radius 3 is 1.55 bits per heavy atom. The third-order valence-electron chi connectivity index (χ3n) is 0.940. The molecule has 2 heteroatoms. The second-order valence-corrected chi connectivity index (χ2v) is 2.15. The Bertz CT molecular complexity index is 151. The van der Waals surface area contributed by atoms with Crippen LogP contribution in [0.5, 0.6) is 0 Å². The van der Waals surface area contributed by atoms with Crippen LogP contribution in [0.15, 0.2) is 30.3 Å². The lowest BCUT2D eigenvalue weighted by molar-refractivity contribution is 1.02. The summed E-state index contributed by atoms with van der Waals surface area (Å²) < 4.78 is 0. The lowest BCUT2D eigenvalue weighted by Gasteiger charge is -1.82. The Labute approximate surface area is 75.2 Å². The second-order valence-electron chi connectivity index (χ2n) is 2.15. The molecule has 64 valence electrons. The normalized spacial score (nSPS) is 7.18. The Balaban J connectivity index is 0. The van der Waals surface area contributed by atoms with Gasteiger partial charge >= 0.3 is 0 Å². The van der Waals surface area contributed by atoms with Gasteiger partial charge in [-0.2, -0.15) is 0 Å². The fourth-order valence-corrected chi connectivity index (χ4v) is 0.534. The van der Waals surface area contributed by atoms with Gasteiger partial charge in [0.1, 0.15) is 0 Å². The number of benzene rings is 1. The van der Waals surface area contributed by atoms with Crippen LogP contribution in [-0.4, -0.2) is 14.1 Å². The Kier molecular flexibility index (Phi) is 11.3. The summed E-state index contributed by atoms with van der Waals surface area (Å²) in [7, 11) is 3.75. The molecule has 1 N–H and O–H groups in total. The molecule has 0 amide bonds. The fraction of sp³-hybridized carbons (Fsp3) is 0.333. The molecule has 0 atom stereocenters. The van der Waals surface area contributed by atoms with Crippen molar-refractivity contribution in [3.8, 4) is 0 Å². The summed E-state index contributed by atoms with van der Waals surface area (Å²) in [4.78, 5) is 0. The van der Waals surface area contributed by atoms with E-state index in [1.165, 1.54) is 5.56 Å². The molecule has 1 aromatic carbocycles. The quantitative estimate of drug-likeness (QED) is 0.635. The maximum atomic E-state index is 2.75. The van der Waals surface area contributed by atoms with Gasteiger partial charge in [-0.05, 0) is 21.0 Å². The molecule has 0 fully saturated rings. The lowest BCUT2D eigenvalue weighted by Crippen LogP contribution is -1.89. The predicted molar refractivity (Wildman–Crippen MR) is 53.4 cm³/mol. The maximum absolute atomic E-state index is 2.75. The summed E-state index contributed by atoms with van der Waals surface area (Å²) in [6.45, 7) is 2.08. The van der Waals surface area contributed by atoms with Crippen molar-refractivity contribution in [3.63, 3.8) is 0 Å². The zero-order chi connectivity index (χ0) is 7.82. The number of aryl methyl sites for hydroxylation is 1. The molecule has 1 rings (SSSR count). The summed E-state index contributed by atoms with van der Waals surface area (Å²) in [5.41, 5.74) is 1.32. The van der Waals surface area contributed by atoms with Crippen molar-refractivity contribution < 1.29 is 0 Å². The van der Waals surface area contributed by atoms with Crippen LogP contribution in [0.25, 0.3) is 0 Å². The van der Waals surface area contributed by atoms with E-state index in [0.29, 0.717) is 0 Å². The molecule has 1 nitrogen and oxygen atoms in total. The minimum absolute atomic E-state index is 0. The number of nitrogens with one attached hydrogen (secondary N) is 1. The standard InChI is InChI=1S/C7H8.C2H7N.ClH/c1-7-5-3-2-4-6-7;1-3-2;/h2-6H,1H3;3H,1-2H3;1H. The topological polar surface area (TPSA) is 12.0 Å². The number of hydrogen-bond donors (Lipinski definition) is 1. The molecule has 0 heterocycles.